The summed E-state index contributed by atoms with van der Waals surface area (Å²) in [6.45, 7) is 0.517. The van der Waals surface area contributed by atoms with Crippen LogP contribution < -0.4 is 19.1 Å². The van der Waals surface area contributed by atoms with E-state index in [-0.39, 0.29) is 18.7 Å². The zero-order chi connectivity index (χ0) is 20.0. The Balaban J connectivity index is 1.65. The molecule has 2 aromatic carbocycles. The number of anilines is 1. The predicted octanol–water partition coefficient (Wildman–Crippen LogP) is 3.04. The standard InChI is InChI=1S/C21H19N3O5/c1-26-10-15-18-19(23-22-15)21(25)24(13-4-6-14(27-2)7-5-13)20(18)12-3-8-16-17(9-12)29-11-28-16/h3-9,20H,10-11H2,1-2H3,(H,22,23). The second-order valence-electron chi connectivity index (χ2n) is 6.79. The lowest BCUT2D eigenvalue weighted by atomic mass is 9.98. The normalized spacial score (nSPS) is 17.0. The summed E-state index contributed by atoms with van der Waals surface area (Å²) in [6.07, 6.45) is 0. The summed E-state index contributed by atoms with van der Waals surface area (Å²) in [4.78, 5) is 15.0. The number of methoxy groups -OCH3 is 2. The summed E-state index contributed by atoms with van der Waals surface area (Å²) in [7, 11) is 3.22. The molecule has 0 fully saturated rings. The van der Waals surface area contributed by atoms with Gasteiger partial charge in [0.05, 0.1) is 25.5 Å². The molecule has 1 atom stereocenters. The fourth-order valence-corrected chi connectivity index (χ4v) is 3.87. The third-order valence-corrected chi connectivity index (χ3v) is 5.19. The highest BCUT2D eigenvalue weighted by atomic mass is 16.7. The fourth-order valence-electron chi connectivity index (χ4n) is 3.87. The van der Waals surface area contributed by atoms with Gasteiger partial charge in [0, 0.05) is 18.4 Å². The number of rotatable bonds is 5. The largest absolute Gasteiger partial charge is 0.497 e. The van der Waals surface area contributed by atoms with E-state index in [0.717, 1.165) is 28.3 Å². The van der Waals surface area contributed by atoms with Gasteiger partial charge in [-0.3, -0.25) is 14.8 Å². The van der Waals surface area contributed by atoms with E-state index < -0.39 is 0 Å². The van der Waals surface area contributed by atoms with Crippen molar-refractivity contribution < 1.29 is 23.7 Å². The molecular weight excluding hydrogens is 374 g/mol. The maximum atomic E-state index is 13.3. The number of ether oxygens (including phenoxy) is 4. The number of carbonyl (C=O) groups is 1. The Hall–Kier alpha value is -3.52. The highest BCUT2D eigenvalue weighted by Gasteiger charge is 2.43. The number of nitrogens with zero attached hydrogens (tertiary/aromatic N) is 2. The van der Waals surface area contributed by atoms with Gasteiger partial charge in [0.15, 0.2) is 17.2 Å². The van der Waals surface area contributed by atoms with Crippen LogP contribution in [0.4, 0.5) is 5.69 Å². The van der Waals surface area contributed by atoms with Crippen LogP contribution in [0.3, 0.4) is 0 Å². The molecule has 0 spiro atoms. The van der Waals surface area contributed by atoms with Crippen molar-refractivity contribution in [1.29, 1.82) is 0 Å². The number of fused-ring (bicyclic) bond motifs is 2. The van der Waals surface area contributed by atoms with Crippen LogP contribution in [0.25, 0.3) is 0 Å². The third-order valence-electron chi connectivity index (χ3n) is 5.19. The number of aromatic amines is 1. The summed E-state index contributed by atoms with van der Waals surface area (Å²) in [5.74, 6) is 1.90. The Morgan fingerprint density at radius 3 is 2.69 bits per heavy atom. The molecule has 29 heavy (non-hydrogen) atoms. The Kier molecular flexibility index (Phi) is 4.13. The molecule has 2 aliphatic rings. The first-order valence-electron chi connectivity index (χ1n) is 9.14. The lowest BCUT2D eigenvalue weighted by Gasteiger charge is -2.26. The molecule has 0 aliphatic carbocycles. The van der Waals surface area contributed by atoms with E-state index in [9.17, 15) is 4.79 Å². The summed E-state index contributed by atoms with van der Waals surface area (Å²) in [5.41, 5.74) is 3.63. The SMILES string of the molecule is COCc1[nH]nc2c1C(c1ccc3c(c1)OCO3)N(c1ccc(OC)cc1)C2=O. The van der Waals surface area contributed by atoms with Crippen molar-refractivity contribution in [3.8, 4) is 17.2 Å². The van der Waals surface area contributed by atoms with Crippen molar-refractivity contribution >= 4 is 11.6 Å². The highest BCUT2D eigenvalue weighted by molar-refractivity contribution is 6.10. The average Bonchev–Trinajstić information content (AvgIpc) is 3.44. The molecule has 148 valence electrons. The Bertz CT molecular complexity index is 1080. The molecule has 1 N–H and O–H groups in total. The van der Waals surface area contributed by atoms with E-state index in [1.807, 2.05) is 42.5 Å². The zero-order valence-electron chi connectivity index (χ0n) is 16.0. The minimum atomic E-state index is -0.371. The van der Waals surface area contributed by atoms with Gasteiger partial charge in [-0.2, -0.15) is 5.10 Å². The second-order valence-corrected chi connectivity index (χ2v) is 6.79. The van der Waals surface area contributed by atoms with Crippen LogP contribution in [-0.2, 0) is 11.3 Å². The molecule has 0 saturated heterocycles. The number of hydrogen-bond acceptors (Lipinski definition) is 6. The van der Waals surface area contributed by atoms with Crippen molar-refractivity contribution in [1.82, 2.24) is 10.2 Å². The number of H-pyrrole nitrogens is 1. The first kappa shape index (κ1) is 17.6. The summed E-state index contributed by atoms with van der Waals surface area (Å²) in [6, 6.07) is 12.7. The summed E-state index contributed by atoms with van der Waals surface area (Å²) < 4.78 is 21.6. The maximum Gasteiger partial charge on any atom is 0.280 e. The van der Waals surface area contributed by atoms with Gasteiger partial charge in [-0.1, -0.05) is 6.07 Å². The summed E-state index contributed by atoms with van der Waals surface area (Å²) >= 11 is 0. The van der Waals surface area contributed by atoms with E-state index in [2.05, 4.69) is 10.2 Å². The molecule has 1 aromatic heterocycles. The number of benzene rings is 2. The van der Waals surface area contributed by atoms with E-state index in [4.69, 9.17) is 18.9 Å². The van der Waals surface area contributed by atoms with Crippen LogP contribution in [0.5, 0.6) is 17.2 Å². The van der Waals surface area contributed by atoms with Gasteiger partial charge in [-0.15, -0.1) is 0 Å². The van der Waals surface area contributed by atoms with Gasteiger partial charge in [-0.05, 0) is 42.0 Å². The Morgan fingerprint density at radius 2 is 1.93 bits per heavy atom. The number of aromatic nitrogens is 2. The number of hydrogen-bond donors (Lipinski definition) is 1. The van der Waals surface area contributed by atoms with Gasteiger partial charge < -0.3 is 18.9 Å². The number of carbonyl (C=O) groups excluding carboxylic acids is 1. The van der Waals surface area contributed by atoms with Crippen molar-refractivity contribution in [3.63, 3.8) is 0 Å². The van der Waals surface area contributed by atoms with Gasteiger partial charge in [0.25, 0.3) is 5.91 Å². The number of nitrogens with one attached hydrogen (secondary N) is 1. The molecule has 8 heteroatoms. The van der Waals surface area contributed by atoms with E-state index in [1.54, 1.807) is 19.1 Å². The molecule has 0 bridgehead atoms. The molecule has 2 aliphatic heterocycles. The minimum Gasteiger partial charge on any atom is -0.497 e. The van der Waals surface area contributed by atoms with Crippen molar-refractivity contribution in [3.05, 3.63) is 65.0 Å². The number of amides is 1. The molecule has 5 rings (SSSR count). The Morgan fingerprint density at radius 1 is 1.14 bits per heavy atom. The smallest absolute Gasteiger partial charge is 0.280 e. The minimum absolute atomic E-state index is 0.175. The van der Waals surface area contributed by atoms with Crippen molar-refractivity contribution in [2.75, 3.05) is 25.9 Å². The molecule has 1 amide bonds. The van der Waals surface area contributed by atoms with Gasteiger partial charge >= 0.3 is 0 Å². The van der Waals surface area contributed by atoms with E-state index in [0.29, 0.717) is 23.8 Å². The predicted molar refractivity (Wildman–Crippen MR) is 104 cm³/mol. The topological polar surface area (TPSA) is 85.9 Å². The zero-order valence-corrected chi connectivity index (χ0v) is 16.0. The lowest BCUT2D eigenvalue weighted by Crippen LogP contribution is -2.29. The van der Waals surface area contributed by atoms with Crippen LogP contribution in [0, 0.1) is 0 Å². The van der Waals surface area contributed by atoms with Gasteiger partial charge in [0.1, 0.15) is 5.75 Å². The molecule has 8 nitrogen and oxygen atoms in total. The van der Waals surface area contributed by atoms with Crippen LogP contribution >= 0.6 is 0 Å². The Labute approximate surface area is 166 Å². The molecule has 3 aromatic rings. The molecule has 1 unspecified atom stereocenters. The monoisotopic (exact) mass is 393 g/mol. The van der Waals surface area contributed by atoms with Crippen LogP contribution in [0.1, 0.15) is 33.4 Å². The van der Waals surface area contributed by atoms with E-state index in [1.165, 1.54) is 0 Å². The molecule has 0 saturated carbocycles. The quantitative estimate of drug-likeness (QED) is 0.717. The van der Waals surface area contributed by atoms with Crippen molar-refractivity contribution in [2.24, 2.45) is 0 Å². The molecule has 0 radical (unpaired) electrons. The van der Waals surface area contributed by atoms with Crippen LogP contribution in [0.2, 0.25) is 0 Å². The van der Waals surface area contributed by atoms with Gasteiger partial charge in [0.2, 0.25) is 6.79 Å². The van der Waals surface area contributed by atoms with Crippen LogP contribution in [0.15, 0.2) is 42.5 Å². The molecule has 3 heterocycles. The third kappa shape index (κ3) is 2.72. The van der Waals surface area contributed by atoms with Gasteiger partial charge in [-0.25, -0.2) is 0 Å². The van der Waals surface area contributed by atoms with E-state index >= 15 is 0 Å². The lowest BCUT2D eigenvalue weighted by molar-refractivity contribution is 0.0988. The van der Waals surface area contributed by atoms with Crippen molar-refractivity contribution in [2.45, 2.75) is 12.6 Å². The average molecular weight is 393 g/mol. The highest BCUT2D eigenvalue weighted by Crippen LogP contribution is 2.45. The summed E-state index contributed by atoms with van der Waals surface area (Å²) in [5, 5.41) is 7.23. The fraction of sp³-hybridized carbons (Fsp3) is 0.238. The molecular formula is C21H19N3O5. The second kappa shape index (κ2) is 6.82. The first-order chi connectivity index (χ1) is 14.2. The van der Waals surface area contributed by atoms with Crippen LogP contribution in [-0.4, -0.2) is 37.1 Å². The first-order valence-corrected chi connectivity index (χ1v) is 9.14. The maximum absolute atomic E-state index is 13.3.